The summed E-state index contributed by atoms with van der Waals surface area (Å²) in [5, 5.41) is 0. The van der Waals surface area contributed by atoms with E-state index in [0.717, 1.165) is 25.3 Å². The van der Waals surface area contributed by atoms with Crippen molar-refractivity contribution in [3.63, 3.8) is 0 Å². The summed E-state index contributed by atoms with van der Waals surface area (Å²) in [6.07, 6.45) is 2.66. The van der Waals surface area contributed by atoms with E-state index in [-0.39, 0.29) is 6.54 Å². The second-order valence-electron chi connectivity index (χ2n) is 3.93. The molecule has 1 heterocycles. The zero-order valence-corrected chi connectivity index (χ0v) is 7.18. The molecule has 1 nitrogen and oxygen atoms in total. The summed E-state index contributed by atoms with van der Waals surface area (Å²) in [7, 11) is 0. The molecule has 3 heteroatoms. The molecule has 2 fully saturated rings. The number of hydrogen-bond donors (Lipinski definition) is 0. The second-order valence-corrected chi connectivity index (χ2v) is 3.93. The fraction of sp³-hybridized carbons (Fsp3) is 1.00. The maximum atomic E-state index is 12.1. The maximum absolute atomic E-state index is 12.1. The van der Waals surface area contributed by atoms with Gasteiger partial charge in [-0.1, -0.05) is 6.42 Å². The Morgan fingerprint density at radius 2 is 2.08 bits per heavy atom. The summed E-state index contributed by atoms with van der Waals surface area (Å²) >= 11 is 0. The van der Waals surface area contributed by atoms with E-state index < -0.39 is 6.43 Å². The van der Waals surface area contributed by atoms with Gasteiger partial charge in [-0.05, 0) is 31.7 Å². The van der Waals surface area contributed by atoms with E-state index in [1.807, 2.05) is 4.90 Å². The van der Waals surface area contributed by atoms with Crippen LogP contribution >= 0.6 is 0 Å². The highest BCUT2D eigenvalue weighted by Gasteiger charge is 2.37. The van der Waals surface area contributed by atoms with Crippen LogP contribution in [0.3, 0.4) is 0 Å². The van der Waals surface area contributed by atoms with Crippen molar-refractivity contribution in [2.24, 2.45) is 5.92 Å². The minimum absolute atomic E-state index is 0.00116. The molecule has 1 saturated carbocycles. The van der Waals surface area contributed by atoms with Crippen LogP contribution in [0.4, 0.5) is 8.78 Å². The molecular formula is C9H15F2N. The lowest BCUT2D eigenvalue weighted by Crippen LogP contribution is -2.34. The summed E-state index contributed by atoms with van der Waals surface area (Å²) in [5.74, 6) is 0.740. The normalized spacial score (nSPS) is 36.2. The fourth-order valence-electron chi connectivity index (χ4n) is 2.74. The molecule has 0 bridgehead atoms. The van der Waals surface area contributed by atoms with Crippen molar-refractivity contribution in [2.75, 3.05) is 13.1 Å². The standard InChI is InChI=1S/C9H15F2N/c10-9(11)6-12-5-4-7-2-1-3-8(7)12/h7-9H,1-6H2. The summed E-state index contributed by atoms with van der Waals surface area (Å²) in [4.78, 5) is 1.99. The Morgan fingerprint density at radius 3 is 2.83 bits per heavy atom. The zero-order chi connectivity index (χ0) is 8.55. The summed E-state index contributed by atoms with van der Waals surface area (Å²) in [6, 6.07) is 0.499. The molecule has 1 aliphatic heterocycles. The van der Waals surface area contributed by atoms with E-state index >= 15 is 0 Å². The van der Waals surface area contributed by atoms with Gasteiger partial charge in [-0.2, -0.15) is 0 Å². The number of likely N-dealkylation sites (tertiary alicyclic amines) is 1. The van der Waals surface area contributed by atoms with Crippen LogP contribution in [0.2, 0.25) is 0 Å². The van der Waals surface area contributed by atoms with Gasteiger partial charge in [-0.25, -0.2) is 8.78 Å². The average Bonchev–Trinajstić information content (AvgIpc) is 2.52. The van der Waals surface area contributed by atoms with Crippen molar-refractivity contribution in [3.05, 3.63) is 0 Å². The molecule has 0 aromatic carbocycles. The van der Waals surface area contributed by atoms with E-state index in [1.165, 1.54) is 12.8 Å². The Bertz CT molecular complexity index is 161. The third-order valence-corrected chi connectivity index (χ3v) is 3.25. The number of hydrogen-bond acceptors (Lipinski definition) is 1. The van der Waals surface area contributed by atoms with Gasteiger partial charge in [0.1, 0.15) is 0 Å². The SMILES string of the molecule is FC(F)CN1CCC2CCCC21. The maximum Gasteiger partial charge on any atom is 0.251 e. The van der Waals surface area contributed by atoms with Crippen molar-refractivity contribution in [1.29, 1.82) is 0 Å². The minimum Gasteiger partial charge on any atom is -0.294 e. The van der Waals surface area contributed by atoms with Gasteiger partial charge in [0, 0.05) is 6.04 Å². The molecule has 0 aromatic heterocycles. The number of rotatable bonds is 2. The Morgan fingerprint density at radius 1 is 1.25 bits per heavy atom. The first-order valence-electron chi connectivity index (χ1n) is 4.79. The van der Waals surface area contributed by atoms with Gasteiger partial charge in [0.05, 0.1) is 6.54 Å². The molecule has 0 aromatic rings. The monoisotopic (exact) mass is 175 g/mol. The highest BCUT2D eigenvalue weighted by Crippen LogP contribution is 2.37. The highest BCUT2D eigenvalue weighted by atomic mass is 19.3. The van der Waals surface area contributed by atoms with Crippen LogP contribution in [0.15, 0.2) is 0 Å². The van der Waals surface area contributed by atoms with Crippen LogP contribution in [-0.4, -0.2) is 30.5 Å². The first kappa shape index (κ1) is 8.42. The molecule has 2 atom stereocenters. The van der Waals surface area contributed by atoms with Crippen LogP contribution in [0.5, 0.6) is 0 Å². The Kier molecular flexibility index (Phi) is 2.31. The Labute approximate surface area is 71.7 Å². The summed E-state index contributed by atoms with van der Waals surface area (Å²) < 4.78 is 24.2. The van der Waals surface area contributed by atoms with E-state index in [9.17, 15) is 8.78 Å². The lowest BCUT2D eigenvalue weighted by Gasteiger charge is -2.22. The van der Waals surface area contributed by atoms with Crippen molar-refractivity contribution >= 4 is 0 Å². The largest absolute Gasteiger partial charge is 0.294 e. The van der Waals surface area contributed by atoms with Crippen molar-refractivity contribution in [2.45, 2.75) is 38.2 Å². The molecule has 0 amide bonds. The predicted octanol–water partition coefficient (Wildman–Crippen LogP) is 2.13. The third kappa shape index (κ3) is 1.47. The predicted molar refractivity (Wildman–Crippen MR) is 43.3 cm³/mol. The Balaban J connectivity index is 1.91. The van der Waals surface area contributed by atoms with Crippen molar-refractivity contribution in [1.82, 2.24) is 4.90 Å². The second kappa shape index (κ2) is 3.29. The smallest absolute Gasteiger partial charge is 0.251 e. The lowest BCUT2D eigenvalue weighted by atomic mass is 10.1. The van der Waals surface area contributed by atoms with Crippen LogP contribution in [0, 0.1) is 5.92 Å². The van der Waals surface area contributed by atoms with Gasteiger partial charge < -0.3 is 0 Å². The van der Waals surface area contributed by atoms with E-state index in [1.54, 1.807) is 0 Å². The molecule has 2 rings (SSSR count). The van der Waals surface area contributed by atoms with Gasteiger partial charge >= 0.3 is 0 Å². The first-order chi connectivity index (χ1) is 5.77. The van der Waals surface area contributed by atoms with Gasteiger partial charge in [-0.3, -0.25) is 4.90 Å². The highest BCUT2D eigenvalue weighted by molar-refractivity contribution is 4.91. The third-order valence-electron chi connectivity index (χ3n) is 3.25. The first-order valence-corrected chi connectivity index (χ1v) is 4.79. The van der Waals surface area contributed by atoms with Crippen molar-refractivity contribution < 1.29 is 8.78 Å². The molecule has 0 radical (unpaired) electrons. The molecule has 12 heavy (non-hydrogen) atoms. The van der Waals surface area contributed by atoms with Crippen LogP contribution in [-0.2, 0) is 0 Å². The average molecular weight is 175 g/mol. The fourth-order valence-corrected chi connectivity index (χ4v) is 2.74. The topological polar surface area (TPSA) is 3.24 Å². The zero-order valence-electron chi connectivity index (χ0n) is 7.18. The molecule has 1 saturated heterocycles. The van der Waals surface area contributed by atoms with Gasteiger partial charge in [-0.15, -0.1) is 0 Å². The van der Waals surface area contributed by atoms with Gasteiger partial charge in [0.15, 0.2) is 0 Å². The lowest BCUT2D eigenvalue weighted by molar-refractivity contribution is 0.0801. The molecule has 2 unspecified atom stereocenters. The molecule has 70 valence electrons. The number of fused-ring (bicyclic) bond motifs is 1. The number of halogens is 2. The summed E-state index contributed by atoms with van der Waals surface area (Å²) in [5.41, 5.74) is 0. The van der Waals surface area contributed by atoms with Crippen LogP contribution in [0.1, 0.15) is 25.7 Å². The number of nitrogens with zero attached hydrogens (tertiary/aromatic N) is 1. The molecular weight excluding hydrogens is 160 g/mol. The van der Waals surface area contributed by atoms with Crippen molar-refractivity contribution in [3.8, 4) is 0 Å². The van der Waals surface area contributed by atoms with E-state index in [4.69, 9.17) is 0 Å². The molecule has 2 aliphatic rings. The van der Waals surface area contributed by atoms with E-state index in [2.05, 4.69) is 0 Å². The van der Waals surface area contributed by atoms with Gasteiger partial charge in [0.2, 0.25) is 0 Å². The minimum atomic E-state index is -2.15. The molecule has 1 aliphatic carbocycles. The van der Waals surface area contributed by atoms with E-state index in [0.29, 0.717) is 6.04 Å². The quantitative estimate of drug-likeness (QED) is 0.621. The van der Waals surface area contributed by atoms with Crippen LogP contribution in [0.25, 0.3) is 0 Å². The van der Waals surface area contributed by atoms with Gasteiger partial charge in [0.25, 0.3) is 6.43 Å². The molecule has 0 N–H and O–H groups in total. The van der Waals surface area contributed by atoms with Crippen LogP contribution < -0.4 is 0 Å². The Hall–Kier alpha value is -0.180. The molecule has 0 spiro atoms. The summed E-state index contributed by atoms with van der Waals surface area (Å²) in [6.45, 7) is 0.904. The number of alkyl halides is 2.